The molecule has 1 unspecified atom stereocenters. The molecule has 1 aliphatic rings. The Labute approximate surface area is 96.2 Å². The van der Waals surface area contributed by atoms with Gasteiger partial charge in [0.2, 0.25) is 0 Å². The molecular weight excluding hydrogens is 204 g/mol. The average Bonchev–Trinajstić information content (AvgIpc) is 2.90. The van der Waals surface area contributed by atoms with Crippen molar-refractivity contribution in [1.29, 1.82) is 0 Å². The van der Waals surface area contributed by atoms with E-state index in [0.29, 0.717) is 6.04 Å². The van der Waals surface area contributed by atoms with E-state index in [2.05, 4.69) is 27.5 Å². The minimum absolute atomic E-state index is 0.639. The van der Waals surface area contributed by atoms with Crippen LogP contribution in [0.1, 0.15) is 31.2 Å². The lowest BCUT2D eigenvalue weighted by atomic mass is 10.2. The second-order valence-electron chi connectivity index (χ2n) is 4.42. The first kappa shape index (κ1) is 11.5. The van der Waals surface area contributed by atoms with Crippen molar-refractivity contribution in [2.75, 3.05) is 19.6 Å². The first-order valence-electron chi connectivity index (χ1n) is 6.03. The van der Waals surface area contributed by atoms with Gasteiger partial charge in [-0.1, -0.05) is 17.2 Å². The van der Waals surface area contributed by atoms with E-state index in [4.69, 9.17) is 4.63 Å². The minimum Gasteiger partial charge on any atom is -0.313 e. The molecule has 0 bridgehead atoms. The average molecular weight is 224 g/mol. The molecule has 2 rings (SSSR count). The van der Waals surface area contributed by atoms with E-state index in [0.717, 1.165) is 37.6 Å². The first-order chi connectivity index (χ1) is 7.79. The van der Waals surface area contributed by atoms with Crippen LogP contribution in [0.3, 0.4) is 0 Å². The number of aromatic nitrogens is 2. The Morgan fingerprint density at radius 1 is 1.50 bits per heavy atom. The van der Waals surface area contributed by atoms with Gasteiger partial charge in [0.25, 0.3) is 0 Å². The molecule has 5 heteroatoms. The zero-order valence-electron chi connectivity index (χ0n) is 10.1. The maximum Gasteiger partial charge on any atom is 0.122 e. The van der Waals surface area contributed by atoms with Crippen molar-refractivity contribution in [1.82, 2.24) is 20.5 Å². The third kappa shape index (κ3) is 2.80. The Bertz CT molecular complexity index is 320. The monoisotopic (exact) mass is 224 g/mol. The summed E-state index contributed by atoms with van der Waals surface area (Å²) in [6, 6.07) is 0.639. The summed E-state index contributed by atoms with van der Waals surface area (Å²) in [6.07, 6.45) is 2.58. The fraction of sp³-hybridized carbons (Fsp3) is 0.818. The number of hydrogen-bond donors (Lipinski definition) is 1. The summed E-state index contributed by atoms with van der Waals surface area (Å²) in [5, 5.41) is 11.3. The van der Waals surface area contributed by atoms with Crippen molar-refractivity contribution in [3.63, 3.8) is 0 Å². The van der Waals surface area contributed by atoms with E-state index in [-0.39, 0.29) is 0 Å². The maximum absolute atomic E-state index is 4.72. The van der Waals surface area contributed by atoms with Gasteiger partial charge in [-0.05, 0) is 32.9 Å². The molecule has 1 atom stereocenters. The summed E-state index contributed by atoms with van der Waals surface area (Å²) in [5.74, 6) is 0. The van der Waals surface area contributed by atoms with Crippen molar-refractivity contribution < 1.29 is 4.63 Å². The molecule has 90 valence electrons. The van der Waals surface area contributed by atoms with Crippen LogP contribution >= 0.6 is 0 Å². The molecule has 16 heavy (non-hydrogen) atoms. The van der Waals surface area contributed by atoms with Crippen LogP contribution in [0, 0.1) is 6.92 Å². The minimum atomic E-state index is 0.639. The Morgan fingerprint density at radius 2 is 2.38 bits per heavy atom. The van der Waals surface area contributed by atoms with Crippen LogP contribution in [-0.2, 0) is 6.54 Å². The number of hydrogen-bond acceptors (Lipinski definition) is 5. The van der Waals surface area contributed by atoms with Crippen LogP contribution in [-0.4, -0.2) is 40.9 Å². The van der Waals surface area contributed by atoms with Gasteiger partial charge in [0, 0.05) is 19.1 Å². The third-order valence-corrected chi connectivity index (χ3v) is 3.21. The third-order valence-electron chi connectivity index (χ3n) is 3.21. The molecule has 0 spiro atoms. The summed E-state index contributed by atoms with van der Waals surface area (Å²) >= 11 is 0. The van der Waals surface area contributed by atoms with Crippen LogP contribution in [0.25, 0.3) is 0 Å². The molecule has 0 aromatic carbocycles. The number of aryl methyl sites for hydroxylation is 1. The van der Waals surface area contributed by atoms with Crippen molar-refractivity contribution in [3.05, 3.63) is 11.4 Å². The van der Waals surface area contributed by atoms with E-state index in [1.807, 2.05) is 6.92 Å². The van der Waals surface area contributed by atoms with Crippen LogP contribution in [0.15, 0.2) is 4.63 Å². The van der Waals surface area contributed by atoms with Crippen molar-refractivity contribution in [2.24, 2.45) is 0 Å². The van der Waals surface area contributed by atoms with Gasteiger partial charge in [-0.3, -0.25) is 4.90 Å². The van der Waals surface area contributed by atoms with E-state index < -0.39 is 0 Å². The number of rotatable bonds is 5. The predicted molar refractivity (Wildman–Crippen MR) is 61.0 cm³/mol. The summed E-state index contributed by atoms with van der Waals surface area (Å²) in [6.45, 7) is 8.23. The van der Waals surface area contributed by atoms with Gasteiger partial charge in [-0.25, -0.2) is 4.63 Å². The van der Waals surface area contributed by atoms with Crippen LogP contribution in [0.4, 0.5) is 0 Å². The molecule has 1 aromatic heterocycles. The topological polar surface area (TPSA) is 54.2 Å². The van der Waals surface area contributed by atoms with Crippen molar-refractivity contribution >= 4 is 0 Å². The predicted octanol–water partition coefficient (Wildman–Crippen LogP) is 0.952. The van der Waals surface area contributed by atoms with Gasteiger partial charge in [-0.15, -0.1) is 0 Å². The highest BCUT2D eigenvalue weighted by molar-refractivity contribution is 5.04. The lowest BCUT2D eigenvalue weighted by Crippen LogP contribution is -2.37. The zero-order chi connectivity index (χ0) is 11.4. The van der Waals surface area contributed by atoms with Crippen LogP contribution in [0.2, 0.25) is 0 Å². The van der Waals surface area contributed by atoms with Gasteiger partial charge in [0.1, 0.15) is 11.4 Å². The van der Waals surface area contributed by atoms with Crippen molar-refractivity contribution in [3.8, 4) is 0 Å². The smallest absolute Gasteiger partial charge is 0.122 e. The zero-order valence-corrected chi connectivity index (χ0v) is 10.1. The Balaban J connectivity index is 1.87. The Morgan fingerprint density at radius 3 is 2.94 bits per heavy atom. The first-order valence-corrected chi connectivity index (χ1v) is 6.03. The normalized spacial score (nSPS) is 20.8. The van der Waals surface area contributed by atoms with Crippen molar-refractivity contribution in [2.45, 2.75) is 39.3 Å². The molecule has 1 N–H and O–H groups in total. The molecule has 0 radical (unpaired) electrons. The van der Waals surface area contributed by atoms with Gasteiger partial charge >= 0.3 is 0 Å². The maximum atomic E-state index is 4.72. The highest BCUT2D eigenvalue weighted by Gasteiger charge is 2.18. The molecule has 1 aliphatic heterocycles. The number of likely N-dealkylation sites (N-methyl/N-ethyl adjacent to an activating group) is 1. The number of nitrogens with zero attached hydrogens (tertiary/aromatic N) is 3. The summed E-state index contributed by atoms with van der Waals surface area (Å²) < 4.78 is 4.72. The quantitative estimate of drug-likeness (QED) is 0.807. The standard InChI is InChI=1S/C11H20N4O/c1-3-15(7-10-5-4-6-12-10)8-11-9(2)13-16-14-11/h10,12H,3-8H2,1-2H3. The molecule has 2 heterocycles. The number of nitrogens with one attached hydrogen (secondary N) is 1. The van der Waals surface area contributed by atoms with Crippen LogP contribution < -0.4 is 5.32 Å². The summed E-state index contributed by atoms with van der Waals surface area (Å²) in [4.78, 5) is 2.38. The Kier molecular flexibility index (Phi) is 3.90. The highest BCUT2D eigenvalue weighted by Crippen LogP contribution is 2.10. The summed E-state index contributed by atoms with van der Waals surface area (Å²) in [7, 11) is 0. The second-order valence-corrected chi connectivity index (χ2v) is 4.42. The van der Waals surface area contributed by atoms with E-state index in [1.54, 1.807) is 0 Å². The SMILES string of the molecule is CCN(Cc1nonc1C)CC1CCCN1. The largest absolute Gasteiger partial charge is 0.313 e. The molecule has 0 aliphatic carbocycles. The fourth-order valence-electron chi connectivity index (χ4n) is 2.13. The van der Waals surface area contributed by atoms with E-state index in [1.165, 1.54) is 12.8 Å². The van der Waals surface area contributed by atoms with Gasteiger partial charge < -0.3 is 5.32 Å². The second kappa shape index (κ2) is 5.41. The van der Waals surface area contributed by atoms with Gasteiger partial charge in [0.15, 0.2) is 0 Å². The Hall–Kier alpha value is -0.940. The molecule has 1 fully saturated rings. The molecule has 0 amide bonds. The highest BCUT2D eigenvalue weighted by atomic mass is 16.6. The van der Waals surface area contributed by atoms with Gasteiger partial charge in [0.05, 0.1) is 0 Å². The lowest BCUT2D eigenvalue weighted by molar-refractivity contribution is 0.240. The lowest BCUT2D eigenvalue weighted by Gasteiger charge is -2.23. The van der Waals surface area contributed by atoms with Gasteiger partial charge in [-0.2, -0.15) is 0 Å². The van der Waals surface area contributed by atoms with Crippen LogP contribution in [0.5, 0.6) is 0 Å². The van der Waals surface area contributed by atoms with E-state index >= 15 is 0 Å². The molecule has 5 nitrogen and oxygen atoms in total. The molecule has 1 saturated heterocycles. The fourth-order valence-corrected chi connectivity index (χ4v) is 2.13. The van der Waals surface area contributed by atoms with E-state index in [9.17, 15) is 0 Å². The summed E-state index contributed by atoms with van der Waals surface area (Å²) in [5.41, 5.74) is 1.86. The molecule has 1 aromatic rings. The molecular formula is C11H20N4O. The molecule has 0 saturated carbocycles.